The van der Waals surface area contributed by atoms with E-state index in [9.17, 15) is 0 Å². The molecule has 0 aliphatic carbocycles. The molecule has 0 aromatic carbocycles. The summed E-state index contributed by atoms with van der Waals surface area (Å²) in [6.07, 6.45) is 11.0. The fourth-order valence-electron chi connectivity index (χ4n) is 1.48. The van der Waals surface area contributed by atoms with Crippen LogP contribution in [-0.4, -0.2) is 13.1 Å². The van der Waals surface area contributed by atoms with E-state index in [1.165, 1.54) is 19.3 Å². The minimum absolute atomic E-state index is 0.656. The Hall–Kier alpha value is -0.480. The Balaban J connectivity index is 3.57. The maximum Gasteiger partial charge on any atom is 0.00866 e. The van der Waals surface area contributed by atoms with Crippen LogP contribution in [-0.2, 0) is 0 Å². The van der Waals surface area contributed by atoms with E-state index in [1.54, 1.807) is 0 Å². The first-order valence-corrected chi connectivity index (χ1v) is 5.35. The minimum Gasteiger partial charge on any atom is -0.317 e. The molecule has 0 aromatic rings. The van der Waals surface area contributed by atoms with Crippen LogP contribution in [0.25, 0.3) is 0 Å². The van der Waals surface area contributed by atoms with E-state index in [1.807, 2.05) is 7.05 Å². The molecule has 76 valence electrons. The van der Waals surface area contributed by atoms with E-state index < -0.39 is 0 Å². The molecule has 1 nitrogen and oxygen atoms in total. The molecule has 0 heterocycles. The van der Waals surface area contributed by atoms with E-state index in [-0.39, 0.29) is 0 Å². The second kappa shape index (κ2) is 8.13. The van der Waals surface area contributed by atoms with E-state index >= 15 is 0 Å². The lowest BCUT2D eigenvalue weighted by Crippen LogP contribution is -2.27. The summed E-state index contributed by atoms with van der Waals surface area (Å²) in [4.78, 5) is 0. The van der Waals surface area contributed by atoms with E-state index in [4.69, 9.17) is 6.42 Å². The van der Waals surface area contributed by atoms with Crippen molar-refractivity contribution in [1.29, 1.82) is 0 Å². The van der Waals surface area contributed by atoms with E-state index in [0.29, 0.717) is 6.04 Å². The molecule has 2 atom stereocenters. The number of terminal acetylenes is 1. The summed E-state index contributed by atoms with van der Waals surface area (Å²) in [6, 6.07) is 0.656. The average molecular weight is 181 g/mol. The van der Waals surface area contributed by atoms with Gasteiger partial charge in [-0.2, -0.15) is 0 Å². The number of hydrogen-bond acceptors (Lipinski definition) is 1. The third-order valence-corrected chi connectivity index (χ3v) is 2.67. The van der Waals surface area contributed by atoms with Gasteiger partial charge in [-0.3, -0.25) is 0 Å². The summed E-state index contributed by atoms with van der Waals surface area (Å²) in [5, 5.41) is 3.36. The van der Waals surface area contributed by atoms with Crippen LogP contribution in [0.2, 0.25) is 0 Å². The van der Waals surface area contributed by atoms with Crippen molar-refractivity contribution in [3.05, 3.63) is 0 Å². The van der Waals surface area contributed by atoms with Gasteiger partial charge >= 0.3 is 0 Å². The van der Waals surface area contributed by atoms with Gasteiger partial charge in [0.15, 0.2) is 0 Å². The van der Waals surface area contributed by atoms with Gasteiger partial charge in [0.05, 0.1) is 0 Å². The molecule has 0 aliphatic rings. The first-order chi connectivity index (χ1) is 6.24. The Morgan fingerprint density at radius 2 is 2.15 bits per heavy atom. The fourth-order valence-corrected chi connectivity index (χ4v) is 1.48. The highest BCUT2D eigenvalue weighted by Gasteiger charge is 2.09. The van der Waals surface area contributed by atoms with Crippen LogP contribution in [0.5, 0.6) is 0 Å². The van der Waals surface area contributed by atoms with Gasteiger partial charge in [-0.05, 0) is 32.2 Å². The molecule has 0 bridgehead atoms. The first kappa shape index (κ1) is 12.5. The van der Waals surface area contributed by atoms with Crippen LogP contribution in [0.1, 0.15) is 46.0 Å². The monoisotopic (exact) mass is 181 g/mol. The summed E-state index contributed by atoms with van der Waals surface area (Å²) in [5.41, 5.74) is 0. The van der Waals surface area contributed by atoms with Crippen molar-refractivity contribution in [3.63, 3.8) is 0 Å². The average Bonchev–Trinajstić information content (AvgIpc) is 2.16. The molecule has 0 amide bonds. The molecule has 0 aromatic heterocycles. The number of unbranched alkanes of at least 4 members (excludes halogenated alkanes) is 1. The van der Waals surface area contributed by atoms with Crippen LogP contribution in [0.15, 0.2) is 0 Å². The lowest BCUT2D eigenvalue weighted by Gasteiger charge is -2.19. The molecule has 0 aliphatic heterocycles. The predicted octanol–water partition coefficient (Wildman–Crippen LogP) is 2.81. The van der Waals surface area contributed by atoms with Gasteiger partial charge < -0.3 is 5.32 Å². The summed E-state index contributed by atoms with van der Waals surface area (Å²) >= 11 is 0. The minimum atomic E-state index is 0.656. The Kier molecular flexibility index (Phi) is 7.83. The number of nitrogens with one attached hydrogen (secondary N) is 1. The van der Waals surface area contributed by atoms with Crippen LogP contribution in [0.3, 0.4) is 0 Å². The Labute approximate surface area is 83.3 Å². The topological polar surface area (TPSA) is 12.0 Å². The van der Waals surface area contributed by atoms with Crippen molar-refractivity contribution in [3.8, 4) is 12.3 Å². The van der Waals surface area contributed by atoms with Crippen LogP contribution in [0.4, 0.5) is 0 Å². The maximum absolute atomic E-state index is 5.21. The molecule has 0 saturated carbocycles. The van der Waals surface area contributed by atoms with Gasteiger partial charge in [0, 0.05) is 12.5 Å². The molecule has 0 spiro atoms. The van der Waals surface area contributed by atoms with Crippen molar-refractivity contribution < 1.29 is 0 Å². The zero-order valence-corrected chi connectivity index (χ0v) is 9.27. The fraction of sp³-hybridized carbons (Fsp3) is 0.833. The lowest BCUT2D eigenvalue weighted by atomic mass is 9.96. The standard InChI is InChI=1S/C12H23N/c1-5-7-8-9-12(13-4)10-11(3)6-2/h1,11-13H,6-10H2,2-4H3. The molecule has 0 fully saturated rings. The highest BCUT2D eigenvalue weighted by atomic mass is 14.9. The third-order valence-electron chi connectivity index (χ3n) is 2.67. The molecule has 0 radical (unpaired) electrons. The summed E-state index contributed by atoms with van der Waals surface area (Å²) in [5.74, 6) is 3.51. The van der Waals surface area contributed by atoms with Crippen molar-refractivity contribution in [2.24, 2.45) is 5.92 Å². The smallest absolute Gasteiger partial charge is 0.00866 e. The van der Waals surface area contributed by atoms with Crippen molar-refractivity contribution in [2.45, 2.75) is 52.0 Å². The van der Waals surface area contributed by atoms with Crippen LogP contribution >= 0.6 is 0 Å². The summed E-state index contributed by atoms with van der Waals surface area (Å²) in [7, 11) is 2.04. The quantitative estimate of drug-likeness (QED) is 0.470. The van der Waals surface area contributed by atoms with Gasteiger partial charge in [0.2, 0.25) is 0 Å². The normalized spacial score (nSPS) is 14.9. The number of rotatable bonds is 7. The van der Waals surface area contributed by atoms with E-state index in [0.717, 1.165) is 18.8 Å². The van der Waals surface area contributed by atoms with Gasteiger partial charge in [-0.15, -0.1) is 12.3 Å². The van der Waals surface area contributed by atoms with Gasteiger partial charge in [0.1, 0.15) is 0 Å². The lowest BCUT2D eigenvalue weighted by molar-refractivity contribution is 0.390. The molecule has 1 N–H and O–H groups in total. The number of hydrogen-bond donors (Lipinski definition) is 1. The van der Waals surface area contributed by atoms with Gasteiger partial charge in [-0.25, -0.2) is 0 Å². The second-order valence-corrected chi connectivity index (χ2v) is 3.83. The summed E-state index contributed by atoms with van der Waals surface area (Å²) < 4.78 is 0. The highest BCUT2D eigenvalue weighted by Crippen LogP contribution is 2.13. The summed E-state index contributed by atoms with van der Waals surface area (Å²) in [6.45, 7) is 4.56. The highest BCUT2D eigenvalue weighted by molar-refractivity contribution is 4.83. The van der Waals surface area contributed by atoms with E-state index in [2.05, 4.69) is 25.1 Å². The molecule has 2 unspecified atom stereocenters. The molecule has 0 rings (SSSR count). The maximum atomic E-state index is 5.21. The largest absolute Gasteiger partial charge is 0.317 e. The molecule has 13 heavy (non-hydrogen) atoms. The third kappa shape index (κ3) is 6.66. The second-order valence-electron chi connectivity index (χ2n) is 3.83. The van der Waals surface area contributed by atoms with Crippen molar-refractivity contribution in [2.75, 3.05) is 7.05 Å². The van der Waals surface area contributed by atoms with Crippen LogP contribution < -0.4 is 5.32 Å². The molecular formula is C12H23N. The molecule has 0 saturated heterocycles. The van der Waals surface area contributed by atoms with Gasteiger partial charge in [0.25, 0.3) is 0 Å². The zero-order valence-electron chi connectivity index (χ0n) is 9.27. The molecular weight excluding hydrogens is 158 g/mol. The SMILES string of the molecule is C#CCCCC(CC(C)CC)NC. The van der Waals surface area contributed by atoms with Gasteiger partial charge in [-0.1, -0.05) is 20.3 Å². The van der Waals surface area contributed by atoms with Crippen molar-refractivity contribution in [1.82, 2.24) is 5.32 Å². The van der Waals surface area contributed by atoms with Crippen LogP contribution in [0, 0.1) is 18.3 Å². The zero-order chi connectivity index (χ0) is 10.1. The molecule has 1 heteroatoms. The predicted molar refractivity (Wildman–Crippen MR) is 59.6 cm³/mol. The Morgan fingerprint density at radius 1 is 1.46 bits per heavy atom. The Morgan fingerprint density at radius 3 is 2.62 bits per heavy atom. The first-order valence-electron chi connectivity index (χ1n) is 5.35. The van der Waals surface area contributed by atoms with Crippen molar-refractivity contribution >= 4 is 0 Å². The Bertz CT molecular complexity index is 146.